The van der Waals surface area contributed by atoms with E-state index in [1.165, 1.54) is 0 Å². The van der Waals surface area contributed by atoms with Gasteiger partial charge in [-0.3, -0.25) is 9.97 Å². The average molecular weight is 411 g/mol. The van der Waals surface area contributed by atoms with Gasteiger partial charge in [0.2, 0.25) is 5.95 Å². The number of rotatable bonds is 4. The van der Waals surface area contributed by atoms with Gasteiger partial charge in [-0.25, -0.2) is 15.4 Å². The Bertz CT molecular complexity index is 1380. The summed E-state index contributed by atoms with van der Waals surface area (Å²) in [6, 6.07) is 21.3. The Hall–Kier alpha value is -3.90. The number of anilines is 1. The summed E-state index contributed by atoms with van der Waals surface area (Å²) >= 11 is 6.21. The number of fused-ring (bicyclic) bond motifs is 2. The first-order valence-electron chi connectivity index (χ1n) is 9.29. The Morgan fingerprint density at radius 2 is 1.70 bits per heavy atom. The minimum Gasteiger partial charge on any atom is -0.253 e. The van der Waals surface area contributed by atoms with E-state index in [-0.39, 0.29) is 0 Å². The topological polar surface area (TPSA) is 76.0 Å². The molecule has 5 aromatic rings. The van der Waals surface area contributed by atoms with Gasteiger partial charge in [-0.15, -0.1) is 0 Å². The standard InChI is InChI=1S/C23H15ClN6/c24-17-9-10-19-18(13-17)21(15-5-2-1-3-6-15)29-23(28-19)30-27-14-16-7-4-8-20-22(16)26-12-11-25-20/h1-14H,(H,28,29,30)/b27-14+. The quantitative estimate of drug-likeness (QED) is 0.319. The van der Waals surface area contributed by atoms with Crippen LogP contribution in [0.25, 0.3) is 33.2 Å². The smallest absolute Gasteiger partial charge is 0.244 e. The molecule has 2 heterocycles. The highest BCUT2D eigenvalue weighted by molar-refractivity contribution is 6.31. The van der Waals surface area contributed by atoms with Gasteiger partial charge in [0.1, 0.15) is 0 Å². The van der Waals surface area contributed by atoms with Crippen LogP contribution in [0.3, 0.4) is 0 Å². The molecule has 0 saturated heterocycles. The van der Waals surface area contributed by atoms with E-state index in [0.717, 1.165) is 38.8 Å². The van der Waals surface area contributed by atoms with Gasteiger partial charge in [0.25, 0.3) is 0 Å². The molecule has 30 heavy (non-hydrogen) atoms. The largest absolute Gasteiger partial charge is 0.253 e. The number of hydrazone groups is 1. The SMILES string of the molecule is Clc1ccc2nc(N/N=C/c3cccc4nccnc34)nc(-c3ccccc3)c2c1. The maximum atomic E-state index is 6.21. The molecule has 2 aromatic heterocycles. The molecule has 3 aromatic carbocycles. The molecule has 0 aliphatic carbocycles. The predicted octanol–water partition coefficient (Wildman–Crippen LogP) is 5.34. The second-order valence-corrected chi connectivity index (χ2v) is 7.00. The highest BCUT2D eigenvalue weighted by Gasteiger charge is 2.10. The van der Waals surface area contributed by atoms with E-state index in [1.54, 1.807) is 18.6 Å². The third-order valence-electron chi connectivity index (χ3n) is 4.60. The van der Waals surface area contributed by atoms with Crippen LogP contribution < -0.4 is 5.43 Å². The number of aromatic nitrogens is 4. The normalized spacial score (nSPS) is 11.4. The van der Waals surface area contributed by atoms with Crippen LogP contribution in [0.1, 0.15) is 5.56 Å². The van der Waals surface area contributed by atoms with Crippen molar-refractivity contribution in [3.8, 4) is 11.3 Å². The van der Waals surface area contributed by atoms with Gasteiger partial charge in [-0.05, 0) is 24.3 Å². The Kier molecular flexibility index (Phi) is 4.75. The molecule has 0 bridgehead atoms. The van der Waals surface area contributed by atoms with Gasteiger partial charge in [0.15, 0.2) is 0 Å². The second kappa shape index (κ2) is 7.85. The van der Waals surface area contributed by atoms with Crippen molar-refractivity contribution in [3.63, 3.8) is 0 Å². The first-order chi connectivity index (χ1) is 14.8. The minimum atomic E-state index is 0.395. The molecule has 0 atom stereocenters. The lowest BCUT2D eigenvalue weighted by Crippen LogP contribution is -2.00. The van der Waals surface area contributed by atoms with Crippen LogP contribution in [0.15, 0.2) is 84.2 Å². The van der Waals surface area contributed by atoms with E-state index < -0.39 is 0 Å². The highest BCUT2D eigenvalue weighted by Crippen LogP contribution is 2.29. The zero-order valence-electron chi connectivity index (χ0n) is 15.7. The Balaban J connectivity index is 1.53. The number of hydrogen-bond acceptors (Lipinski definition) is 6. The number of halogens is 1. The van der Waals surface area contributed by atoms with Crippen molar-refractivity contribution < 1.29 is 0 Å². The van der Waals surface area contributed by atoms with Crippen LogP contribution in [0.4, 0.5) is 5.95 Å². The number of benzene rings is 3. The molecule has 6 nitrogen and oxygen atoms in total. The Morgan fingerprint density at radius 1 is 0.833 bits per heavy atom. The summed E-state index contributed by atoms with van der Waals surface area (Å²) in [6.07, 6.45) is 5.02. The van der Waals surface area contributed by atoms with Crippen LogP contribution in [0, 0.1) is 0 Å². The predicted molar refractivity (Wildman–Crippen MR) is 121 cm³/mol. The third kappa shape index (κ3) is 3.56. The summed E-state index contributed by atoms with van der Waals surface area (Å²) in [7, 11) is 0. The lowest BCUT2D eigenvalue weighted by molar-refractivity contribution is 1.16. The van der Waals surface area contributed by atoms with Gasteiger partial charge < -0.3 is 0 Å². The number of para-hydroxylation sites is 1. The summed E-state index contributed by atoms with van der Waals surface area (Å²) < 4.78 is 0. The molecule has 0 saturated carbocycles. The van der Waals surface area contributed by atoms with Crippen molar-refractivity contribution >= 4 is 45.7 Å². The maximum absolute atomic E-state index is 6.21. The molecule has 0 unspecified atom stereocenters. The average Bonchev–Trinajstić information content (AvgIpc) is 2.79. The fraction of sp³-hybridized carbons (Fsp3) is 0. The number of nitrogens with zero attached hydrogens (tertiary/aromatic N) is 5. The highest BCUT2D eigenvalue weighted by atomic mass is 35.5. The van der Waals surface area contributed by atoms with E-state index in [0.29, 0.717) is 11.0 Å². The van der Waals surface area contributed by atoms with E-state index >= 15 is 0 Å². The van der Waals surface area contributed by atoms with Gasteiger partial charge in [0.05, 0.1) is 28.5 Å². The number of hydrogen-bond donors (Lipinski definition) is 1. The van der Waals surface area contributed by atoms with E-state index in [1.807, 2.05) is 66.7 Å². The molecule has 0 aliphatic rings. The molecule has 0 amide bonds. The first kappa shape index (κ1) is 18.1. The molecule has 5 rings (SSSR count). The lowest BCUT2D eigenvalue weighted by Gasteiger charge is -2.09. The molecule has 1 N–H and O–H groups in total. The zero-order valence-corrected chi connectivity index (χ0v) is 16.5. The van der Waals surface area contributed by atoms with E-state index in [9.17, 15) is 0 Å². The fourth-order valence-corrected chi connectivity index (χ4v) is 3.42. The fourth-order valence-electron chi connectivity index (χ4n) is 3.25. The van der Waals surface area contributed by atoms with Crippen molar-refractivity contribution in [2.24, 2.45) is 5.10 Å². The summed E-state index contributed by atoms with van der Waals surface area (Å²) in [5.74, 6) is 0.395. The Morgan fingerprint density at radius 3 is 2.60 bits per heavy atom. The lowest BCUT2D eigenvalue weighted by atomic mass is 10.1. The minimum absolute atomic E-state index is 0.395. The van der Waals surface area contributed by atoms with Crippen molar-refractivity contribution in [1.29, 1.82) is 0 Å². The first-order valence-corrected chi connectivity index (χ1v) is 9.67. The van der Waals surface area contributed by atoms with Crippen molar-refractivity contribution in [2.45, 2.75) is 0 Å². The molecule has 0 fully saturated rings. The van der Waals surface area contributed by atoms with Crippen LogP contribution >= 0.6 is 11.6 Å². The van der Waals surface area contributed by atoms with Crippen molar-refractivity contribution in [1.82, 2.24) is 19.9 Å². The Labute approximate surface area is 177 Å². The van der Waals surface area contributed by atoms with Crippen LogP contribution in [-0.2, 0) is 0 Å². The van der Waals surface area contributed by atoms with Crippen LogP contribution in [0.2, 0.25) is 5.02 Å². The monoisotopic (exact) mass is 410 g/mol. The van der Waals surface area contributed by atoms with Crippen LogP contribution in [0.5, 0.6) is 0 Å². The molecule has 144 valence electrons. The summed E-state index contributed by atoms with van der Waals surface area (Å²) in [6.45, 7) is 0. The zero-order chi connectivity index (χ0) is 20.3. The summed E-state index contributed by atoms with van der Waals surface area (Å²) in [5, 5.41) is 5.85. The molecule has 7 heteroatoms. The molecule has 0 aliphatic heterocycles. The molecular weight excluding hydrogens is 396 g/mol. The van der Waals surface area contributed by atoms with Gasteiger partial charge in [-0.1, -0.05) is 54.1 Å². The molecule has 0 spiro atoms. The van der Waals surface area contributed by atoms with E-state index in [4.69, 9.17) is 11.6 Å². The van der Waals surface area contributed by atoms with E-state index in [2.05, 4.69) is 30.5 Å². The van der Waals surface area contributed by atoms with Gasteiger partial charge in [0, 0.05) is 33.9 Å². The molecular formula is C23H15ClN6. The second-order valence-electron chi connectivity index (χ2n) is 6.56. The summed E-state index contributed by atoms with van der Waals surface area (Å²) in [4.78, 5) is 18.0. The van der Waals surface area contributed by atoms with Crippen molar-refractivity contribution in [2.75, 3.05) is 5.43 Å². The third-order valence-corrected chi connectivity index (χ3v) is 4.84. The maximum Gasteiger partial charge on any atom is 0.244 e. The summed E-state index contributed by atoms with van der Waals surface area (Å²) in [5.41, 5.74) is 7.93. The van der Waals surface area contributed by atoms with Crippen molar-refractivity contribution in [3.05, 3.63) is 89.7 Å². The molecule has 0 radical (unpaired) electrons. The van der Waals surface area contributed by atoms with Gasteiger partial charge >= 0.3 is 0 Å². The number of nitrogens with one attached hydrogen (secondary N) is 1. The van der Waals surface area contributed by atoms with Gasteiger partial charge in [-0.2, -0.15) is 5.10 Å². The van der Waals surface area contributed by atoms with Crippen LogP contribution in [-0.4, -0.2) is 26.2 Å².